The topological polar surface area (TPSA) is 0 Å². The second-order valence-electron chi connectivity index (χ2n) is 4.64. The lowest BCUT2D eigenvalue weighted by molar-refractivity contribution is 0.766. The van der Waals surface area contributed by atoms with E-state index in [9.17, 15) is 0 Å². The molecule has 0 nitrogen and oxygen atoms in total. The van der Waals surface area contributed by atoms with E-state index in [1.165, 1.54) is 16.7 Å². The zero-order chi connectivity index (χ0) is 12.8. The van der Waals surface area contributed by atoms with Gasteiger partial charge < -0.3 is 0 Å². The van der Waals surface area contributed by atoms with Gasteiger partial charge in [0, 0.05) is 11.8 Å². The molecule has 0 N–H and O–H groups in total. The van der Waals surface area contributed by atoms with Gasteiger partial charge >= 0.3 is 0 Å². The van der Waals surface area contributed by atoms with E-state index in [-0.39, 0.29) is 0 Å². The van der Waals surface area contributed by atoms with E-state index in [2.05, 4.69) is 55.5 Å². The van der Waals surface area contributed by atoms with Gasteiger partial charge in [0.1, 0.15) is 0 Å². The first-order chi connectivity index (χ1) is 8.83. The summed E-state index contributed by atoms with van der Waals surface area (Å²) in [7, 11) is 0. The fourth-order valence-corrected chi connectivity index (χ4v) is 2.47. The fraction of sp³-hybridized carbons (Fsp3) is 0.294. The Balaban J connectivity index is 2.10. The van der Waals surface area contributed by atoms with Crippen molar-refractivity contribution in [3.63, 3.8) is 0 Å². The van der Waals surface area contributed by atoms with Crippen LogP contribution in [0.5, 0.6) is 0 Å². The van der Waals surface area contributed by atoms with Gasteiger partial charge in [-0.1, -0.05) is 61.5 Å². The van der Waals surface area contributed by atoms with Crippen molar-refractivity contribution in [2.45, 2.75) is 25.7 Å². The number of rotatable bonds is 5. The van der Waals surface area contributed by atoms with Gasteiger partial charge in [-0.25, -0.2) is 0 Å². The lowest BCUT2D eigenvalue weighted by Gasteiger charge is -2.14. The molecular weight excluding hydrogens is 240 g/mol. The smallest absolute Gasteiger partial charge is 0.0295 e. The average molecular weight is 259 g/mol. The summed E-state index contributed by atoms with van der Waals surface area (Å²) in [6, 6.07) is 19.4. The van der Waals surface area contributed by atoms with Crippen LogP contribution in [0.25, 0.3) is 0 Å². The first kappa shape index (κ1) is 13.2. The molecule has 18 heavy (non-hydrogen) atoms. The maximum absolute atomic E-state index is 6.11. The van der Waals surface area contributed by atoms with Crippen molar-refractivity contribution in [3.05, 3.63) is 71.3 Å². The highest BCUT2D eigenvalue weighted by Gasteiger charge is 2.10. The van der Waals surface area contributed by atoms with Crippen LogP contribution in [0.1, 0.15) is 29.5 Å². The van der Waals surface area contributed by atoms with Gasteiger partial charge in [0.05, 0.1) is 0 Å². The minimum absolute atomic E-state index is 0.403. The number of alkyl halides is 1. The summed E-state index contributed by atoms with van der Waals surface area (Å²) in [6.07, 6.45) is 2.11. The van der Waals surface area contributed by atoms with Crippen molar-refractivity contribution in [2.24, 2.45) is 0 Å². The first-order valence-corrected chi connectivity index (χ1v) is 7.05. The summed E-state index contributed by atoms with van der Waals surface area (Å²) < 4.78 is 0. The van der Waals surface area contributed by atoms with Crippen LogP contribution >= 0.6 is 11.6 Å². The molecule has 0 saturated heterocycles. The Morgan fingerprint density at radius 1 is 0.889 bits per heavy atom. The van der Waals surface area contributed by atoms with E-state index in [4.69, 9.17) is 11.6 Å². The molecule has 94 valence electrons. The van der Waals surface area contributed by atoms with Crippen LogP contribution in [-0.2, 0) is 12.8 Å². The standard InChI is InChI=1S/C17H19Cl/c1-2-14-8-10-15(11-9-14)12-17(13-18)16-6-4-3-5-7-16/h3-11,17H,2,12-13H2,1H3. The van der Waals surface area contributed by atoms with Crippen LogP contribution in [0, 0.1) is 0 Å². The van der Waals surface area contributed by atoms with Crippen LogP contribution in [0.15, 0.2) is 54.6 Å². The molecule has 1 heteroatoms. The van der Waals surface area contributed by atoms with Gasteiger partial charge in [0.2, 0.25) is 0 Å². The molecule has 2 aromatic rings. The molecule has 0 fully saturated rings. The predicted molar refractivity (Wildman–Crippen MR) is 79.4 cm³/mol. The van der Waals surface area contributed by atoms with Crippen molar-refractivity contribution in [3.8, 4) is 0 Å². The largest absolute Gasteiger partial charge is 0.126 e. The third-order valence-corrected chi connectivity index (χ3v) is 3.74. The molecule has 0 aromatic heterocycles. The average Bonchev–Trinajstić information content (AvgIpc) is 2.46. The number of hydrogen-bond acceptors (Lipinski definition) is 0. The van der Waals surface area contributed by atoms with Gasteiger partial charge in [0.15, 0.2) is 0 Å². The third kappa shape index (κ3) is 3.36. The highest BCUT2D eigenvalue weighted by molar-refractivity contribution is 6.18. The Kier molecular flexibility index (Phi) is 4.83. The highest BCUT2D eigenvalue weighted by Crippen LogP contribution is 2.22. The number of aryl methyl sites for hydroxylation is 1. The van der Waals surface area contributed by atoms with Crippen molar-refractivity contribution >= 4 is 11.6 Å². The molecule has 2 rings (SSSR count). The molecule has 2 aromatic carbocycles. The summed E-state index contributed by atoms with van der Waals surface area (Å²) in [5.74, 6) is 1.07. The Hall–Kier alpha value is -1.27. The summed E-state index contributed by atoms with van der Waals surface area (Å²) in [4.78, 5) is 0. The van der Waals surface area contributed by atoms with Gasteiger partial charge in [-0.2, -0.15) is 0 Å². The zero-order valence-electron chi connectivity index (χ0n) is 10.8. The number of halogens is 1. The lowest BCUT2D eigenvalue weighted by Crippen LogP contribution is -2.04. The van der Waals surface area contributed by atoms with Gasteiger partial charge in [-0.3, -0.25) is 0 Å². The second-order valence-corrected chi connectivity index (χ2v) is 4.94. The van der Waals surface area contributed by atoms with Crippen LogP contribution < -0.4 is 0 Å². The minimum Gasteiger partial charge on any atom is -0.126 e. The van der Waals surface area contributed by atoms with Gasteiger partial charge in [-0.05, 0) is 29.5 Å². The maximum atomic E-state index is 6.11. The van der Waals surface area contributed by atoms with Gasteiger partial charge in [0.25, 0.3) is 0 Å². The van der Waals surface area contributed by atoms with Crippen LogP contribution in [0.3, 0.4) is 0 Å². The van der Waals surface area contributed by atoms with Crippen LogP contribution in [0.4, 0.5) is 0 Å². The quantitative estimate of drug-likeness (QED) is 0.675. The molecule has 0 aliphatic heterocycles. The maximum Gasteiger partial charge on any atom is 0.0295 e. The fourth-order valence-electron chi connectivity index (χ4n) is 2.18. The third-order valence-electron chi connectivity index (χ3n) is 3.37. The van der Waals surface area contributed by atoms with Crippen molar-refractivity contribution < 1.29 is 0 Å². The normalized spacial score (nSPS) is 12.3. The molecule has 0 aliphatic rings. The molecule has 1 unspecified atom stereocenters. The number of hydrogen-bond donors (Lipinski definition) is 0. The minimum atomic E-state index is 0.403. The van der Waals surface area contributed by atoms with Crippen LogP contribution in [-0.4, -0.2) is 5.88 Å². The van der Waals surface area contributed by atoms with E-state index in [1.54, 1.807) is 0 Å². The highest BCUT2D eigenvalue weighted by atomic mass is 35.5. The van der Waals surface area contributed by atoms with Crippen molar-refractivity contribution in [1.29, 1.82) is 0 Å². The second kappa shape index (κ2) is 6.61. The molecule has 0 bridgehead atoms. The molecule has 0 heterocycles. The Bertz CT molecular complexity index is 459. The Morgan fingerprint density at radius 3 is 2.06 bits per heavy atom. The van der Waals surface area contributed by atoms with Crippen LogP contribution in [0.2, 0.25) is 0 Å². The Labute approximate surface area is 115 Å². The molecule has 0 amide bonds. The van der Waals surface area contributed by atoms with Crippen molar-refractivity contribution in [2.75, 3.05) is 5.88 Å². The Morgan fingerprint density at radius 2 is 1.50 bits per heavy atom. The molecule has 0 spiro atoms. The van der Waals surface area contributed by atoms with Crippen molar-refractivity contribution in [1.82, 2.24) is 0 Å². The van der Waals surface area contributed by atoms with E-state index in [0.717, 1.165) is 12.8 Å². The van der Waals surface area contributed by atoms with Gasteiger partial charge in [-0.15, -0.1) is 11.6 Å². The van der Waals surface area contributed by atoms with E-state index in [0.29, 0.717) is 11.8 Å². The SMILES string of the molecule is CCc1ccc(CC(CCl)c2ccccc2)cc1. The van der Waals surface area contributed by atoms with E-state index in [1.807, 2.05) is 6.07 Å². The predicted octanol–water partition coefficient (Wildman–Crippen LogP) is 4.81. The van der Waals surface area contributed by atoms with E-state index >= 15 is 0 Å². The summed E-state index contributed by atoms with van der Waals surface area (Å²) >= 11 is 6.11. The molecule has 0 saturated carbocycles. The first-order valence-electron chi connectivity index (χ1n) is 6.52. The summed E-state index contributed by atoms with van der Waals surface area (Å²) in [5, 5.41) is 0. The molecule has 0 aliphatic carbocycles. The molecule has 0 radical (unpaired) electrons. The monoisotopic (exact) mass is 258 g/mol. The molecule has 1 atom stereocenters. The lowest BCUT2D eigenvalue weighted by atomic mass is 9.93. The molecular formula is C17H19Cl. The summed E-state index contributed by atoms with van der Waals surface area (Å²) in [5.41, 5.74) is 4.08. The van der Waals surface area contributed by atoms with E-state index < -0.39 is 0 Å². The summed E-state index contributed by atoms with van der Waals surface area (Å²) in [6.45, 7) is 2.18. The zero-order valence-corrected chi connectivity index (χ0v) is 11.5. The number of benzene rings is 2.